The Bertz CT molecular complexity index is 935. The summed E-state index contributed by atoms with van der Waals surface area (Å²) >= 11 is 0. The molecule has 0 spiro atoms. The number of halogens is 1. The third kappa shape index (κ3) is 6.25. The van der Waals surface area contributed by atoms with Crippen molar-refractivity contribution in [2.24, 2.45) is 4.99 Å². The Labute approximate surface area is 200 Å². The first-order valence-corrected chi connectivity index (χ1v) is 10.4. The van der Waals surface area contributed by atoms with Crippen LogP contribution >= 0.6 is 24.0 Å². The molecule has 166 valence electrons. The highest BCUT2D eigenvalue weighted by Crippen LogP contribution is 2.32. The quantitative estimate of drug-likeness (QED) is 0.346. The Morgan fingerprint density at radius 2 is 1.87 bits per heavy atom. The normalized spacial score (nSPS) is 15.8. The van der Waals surface area contributed by atoms with E-state index in [1.54, 1.807) is 7.05 Å². The van der Waals surface area contributed by atoms with E-state index < -0.39 is 0 Å². The van der Waals surface area contributed by atoms with Gasteiger partial charge in [-0.15, -0.1) is 24.0 Å². The zero-order chi connectivity index (χ0) is 20.8. The van der Waals surface area contributed by atoms with Crippen LogP contribution in [0, 0.1) is 0 Å². The minimum Gasteiger partial charge on any atom is -0.490 e. The number of hydrogen-bond acceptors (Lipinski definition) is 4. The van der Waals surface area contributed by atoms with Crippen LogP contribution in [0.25, 0.3) is 0 Å². The molecule has 0 saturated carbocycles. The molecule has 4 rings (SSSR count). The molecule has 1 saturated heterocycles. The van der Waals surface area contributed by atoms with Crippen molar-refractivity contribution in [3.8, 4) is 11.5 Å². The maximum Gasteiger partial charge on any atom is 0.222 e. The SMILES string of the molecule is CN=C(NCc1cccc(CN2CCCC2=O)c1)Nc1ccc2c(c1)OCCCO2.I. The van der Waals surface area contributed by atoms with Gasteiger partial charge in [-0.1, -0.05) is 24.3 Å². The van der Waals surface area contributed by atoms with E-state index in [1.807, 2.05) is 29.2 Å². The van der Waals surface area contributed by atoms with Gasteiger partial charge < -0.3 is 25.0 Å². The van der Waals surface area contributed by atoms with E-state index in [9.17, 15) is 4.79 Å². The zero-order valence-electron chi connectivity index (χ0n) is 17.7. The first-order valence-electron chi connectivity index (χ1n) is 10.4. The molecule has 2 N–H and O–H groups in total. The number of guanidine groups is 1. The lowest BCUT2D eigenvalue weighted by Gasteiger charge is -2.17. The van der Waals surface area contributed by atoms with Crippen LogP contribution in [0.5, 0.6) is 11.5 Å². The van der Waals surface area contributed by atoms with Crippen LogP contribution in [-0.4, -0.2) is 43.6 Å². The number of nitrogens with zero attached hydrogens (tertiary/aromatic N) is 2. The number of likely N-dealkylation sites (tertiary alicyclic amines) is 1. The second-order valence-electron chi connectivity index (χ2n) is 7.50. The Morgan fingerprint density at radius 3 is 2.65 bits per heavy atom. The summed E-state index contributed by atoms with van der Waals surface area (Å²) in [6.07, 6.45) is 2.51. The van der Waals surface area contributed by atoms with Gasteiger partial charge in [-0.2, -0.15) is 0 Å². The molecule has 7 nitrogen and oxygen atoms in total. The van der Waals surface area contributed by atoms with Crippen LogP contribution in [0.3, 0.4) is 0 Å². The van der Waals surface area contributed by atoms with Gasteiger partial charge in [-0.25, -0.2) is 0 Å². The number of amides is 1. The largest absolute Gasteiger partial charge is 0.490 e. The second kappa shape index (κ2) is 11.2. The van der Waals surface area contributed by atoms with Gasteiger partial charge in [0, 0.05) is 51.3 Å². The van der Waals surface area contributed by atoms with Gasteiger partial charge in [0.2, 0.25) is 5.91 Å². The van der Waals surface area contributed by atoms with E-state index >= 15 is 0 Å². The molecule has 31 heavy (non-hydrogen) atoms. The topological polar surface area (TPSA) is 75.2 Å². The van der Waals surface area contributed by atoms with Gasteiger partial charge in [0.1, 0.15) is 0 Å². The lowest BCUT2D eigenvalue weighted by Crippen LogP contribution is -2.30. The minimum absolute atomic E-state index is 0. The standard InChI is InChI=1S/C23H28N4O3.HI/c1-24-23(26-19-8-9-20-21(14-19)30-12-4-11-29-20)25-15-17-5-2-6-18(13-17)16-27-10-3-7-22(27)28;/h2,5-6,8-9,13-14H,3-4,7,10-12,15-16H2,1H3,(H2,24,25,26);1H. The molecule has 0 unspecified atom stereocenters. The number of carbonyl (C=O) groups is 1. The molecule has 2 aromatic rings. The van der Waals surface area contributed by atoms with Crippen molar-refractivity contribution in [3.63, 3.8) is 0 Å². The molecule has 2 aliphatic heterocycles. The number of hydrogen-bond donors (Lipinski definition) is 2. The predicted molar refractivity (Wildman–Crippen MR) is 132 cm³/mol. The van der Waals surface area contributed by atoms with Crippen molar-refractivity contribution in [2.75, 3.05) is 32.1 Å². The summed E-state index contributed by atoms with van der Waals surface area (Å²) < 4.78 is 11.4. The highest BCUT2D eigenvalue weighted by molar-refractivity contribution is 14.0. The minimum atomic E-state index is 0. The maximum atomic E-state index is 11.9. The number of carbonyl (C=O) groups excluding carboxylic acids is 1. The smallest absolute Gasteiger partial charge is 0.222 e. The molecular weight excluding hydrogens is 507 g/mol. The van der Waals surface area contributed by atoms with Crippen LogP contribution in [-0.2, 0) is 17.9 Å². The fraction of sp³-hybridized carbons (Fsp3) is 0.391. The fourth-order valence-electron chi connectivity index (χ4n) is 3.67. The molecule has 1 fully saturated rings. The first-order chi connectivity index (χ1) is 14.7. The fourth-order valence-corrected chi connectivity index (χ4v) is 3.67. The van der Waals surface area contributed by atoms with Crippen molar-refractivity contribution in [2.45, 2.75) is 32.4 Å². The van der Waals surface area contributed by atoms with Crippen molar-refractivity contribution in [1.82, 2.24) is 10.2 Å². The summed E-state index contributed by atoms with van der Waals surface area (Å²) in [6.45, 7) is 3.49. The van der Waals surface area contributed by atoms with E-state index in [0.717, 1.165) is 47.7 Å². The molecule has 8 heteroatoms. The average Bonchev–Trinajstić information content (AvgIpc) is 3.02. The first kappa shape index (κ1) is 23.2. The lowest BCUT2D eigenvalue weighted by molar-refractivity contribution is -0.128. The molecule has 0 aliphatic carbocycles. The number of benzene rings is 2. The maximum absolute atomic E-state index is 11.9. The number of rotatable bonds is 5. The zero-order valence-corrected chi connectivity index (χ0v) is 20.1. The molecule has 0 bridgehead atoms. The van der Waals surface area contributed by atoms with Crippen molar-refractivity contribution < 1.29 is 14.3 Å². The average molecular weight is 536 g/mol. The van der Waals surface area contributed by atoms with Gasteiger partial charge in [0.25, 0.3) is 0 Å². The second-order valence-corrected chi connectivity index (χ2v) is 7.50. The van der Waals surface area contributed by atoms with Crippen LogP contribution in [0.15, 0.2) is 47.5 Å². The number of fused-ring (bicyclic) bond motifs is 1. The lowest BCUT2D eigenvalue weighted by atomic mass is 10.1. The van der Waals surface area contributed by atoms with Crippen molar-refractivity contribution in [1.29, 1.82) is 0 Å². The third-order valence-corrected chi connectivity index (χ3v) is 5.23. The number of ether oxygens (including phenoxy) is 2. The van der Waals surface area contributed by atoms with Gasteiger partial charge >= 0.3 is 0 Å². The molecule has 0 radical (unpaired) electrons. The summed E-state index contributed by atoms with van der Waals surface area (Å²) in [5.74, 6) is 2.44. The molecule has 2 aromatic carbocycles. The molecule has 2 aliphatic rings. The molecule has 1 amide bonds. The Balaban J connectivity index is 0.00000272. The summed E-state index contributed by atoms with van der Waals surface area (Å²) in [7, 11) is 1.74. The highest BCUT2D eigenvalue weighted by Gasteiger charge is 2.20. The highest BCUT2D eigenvalue weighted by atomic mass is 127. The van der Waals surface area contributed by atoms with E-state index in [0.29, 0.717) is 38.7 Å². The van der Waals surface area contributed by atoms with E-state index in [4.69, 9.17) is 9.47 Å². The van der Waals surface area contributed by atoms with Gasteiger partial charge in [-0.3, -0.25) is 9.79 Å². The monoisotopic (exact) mass is 536 g/mol. The summed E-state index contributed by atoms with van der Waals surface area (Å²) in [5.41, 5.74) is 3.17. The number of nitrogens with one attached hydrogen (secondary N) is 2. The Morgan fingerprint density at radius 1 is 1.06 bits per heavy atom. The van der Waals surface area contributed by atoms with Gasteiger partial charge in [-0.05, 0) is 29.7 Å². The van der Waals surface area contributed by atoms with Crippen LogP contribution in [0.2, 0.25) is 0 Å². The number of aliphatic imine (C=N–C) groups is 1. The summed E-state index contributed by atoms with van der Waals surface area (Å²) in [4.78, 5) is 18.1. The summed E-state index contributed by atoms with van der Waals surface area (Å²) in [5, 5.41) is 6.64. The van der Waals surface area contributed by atoms with Gasteiger partial charge in [0.05, 0.1) is 13.2 Å². The molecular formula is C23H29IN4O3. The Hall–Kier alpha value is -2.49. The Kier molecular flexibility index (Phi) is 8.39. The molecule has 0 atom stereocenters. The molecule has 2 heterocycles. The van der Waals surface area contributed by atoms with E-state index in [-0.39, 0.29) is 29.9 Å². The van der Waals surface area contributed by atoms with Crippen LogP contribution < -0.4 is 20.1 Å². The number of anilines is 1. The summed E-state index contributed by atoms with van der Waals surface area (Å²) in [6, 6.07) is 14.1. The van der Waals surface area contributed by atoms with Crippen molar-refractivity contribution in [3.05, 3.63) is 53.6 Å². The van der Waals surface area contributed by atoms with Gasteiger partial charge in [0.15, 0.2) is 17.5 Å². The van der Waals surface area contributed by atoms with Crippen LogP contribution in [0.4, 0.5) is 5.69 Å². The predicted octanol–water partition coefficient (Wildman–Crippen LogP) is 3.78. The third-order valence-electron chi connectivity index (χ3n) is 5.23. The van der Waals surface area contributed by atoms with Crippen LogP contribution in [0.1, 0.15) is 30.4 Å². The molecule has 0 aromatic heterocycles. The van der Waals surface area contributed by atoms with Crippen molar-refractivity contribution >= 4 is 41.5 Å². The van der Waals surface area contributed by atoms with E-state index in [2.05, 4.69) is 33.8 Å². The van der Waals surface area contributed by atoms with E-state index in [1.165, 1.54) is 0 Å².